The number of hydrogen-bond donors (Lipinski definition) is 2. The van der Waals surface area contributed by atoms with Crippen molar-refractivity contribution < 1.29 is 10.3 Å². The first-order valence-electron chi connectivity index (χ1n) is 2.90. The van der Waals surface area contributed by atoms with Gasteiger partial charge in [-0.2, -0.15) is 0 Å². The SMILES string of the molecule is O/N=C\c1cc(Cl)ccc1O. The third kappa shape index (κ3) is 1.85. The highest BCUT2D eigenvalue weighted by Crippen LogP contribution is 2.19. The van der Waals surface area contributed by atoms with Gasteiger partial charge in [-0.1, -0.05) is 16.8 Å². The second-order valence-corrected chi connectivity index (χ2v) is 2.38. The normalized spacial score (nSPS) is 10.6. The smallest absolute Gasteiger partial charge is 0.124 e. The van der Waals surface area contributed by atoms with Crippen LogP contribution in [0.5, 0.6) is 5.75 Å². The second kappa shape index (κ2) is 3.25. The van der Waals surface area contributed by atoms with Crippen LogP contribution in [0, 0.1) is 0 Å². The number of hydrogen-bond acceptors (Lipinski definition) is 3. The Balaban J connectivity index is 3.12. The predicted octanol–water partition coefficient (Wildman–Crippen LogP) is 1.85. The quantitative estimate of drug-likeness (QED) is 0.385. The summed E-state index contributed by atoms with van der Waals surface area (Å²) in [6, 6.07) is 4.47. The molecule has 0 atom stereocenters. The Labute approximate surface area is 68.5 Å². The van der Waals surface area contributed by atoms with Crippen LogP contribution in [-0.2, 0) is 0 Å². The molecule has 0 aliphatic heterocycles. The molecule has 0 radical (unpaired) electrons. The van der Waals surface area contributed by atoms with E-state index >= 15 is 0 Å². The maximum Gasteiger partial charge on any atom is 0.124 e. The molecule has 58 valence electrons. The summed E-state index contributed by atoms with van der Waals surface area (Å²) in [5, 5.41) is 20.5. The van der Waals surface area contributed by atoms with Crippen molar-refractivity contribution >= 4 is 17.8 Å². The maximum absolute atomic E-state index is 9.11. The fraction of sp³-hybridized carbons (Fsp3) is 0. The molecule has 1 aromatic carbocycles. The molecule has 0 saturated carbocycles. The summed E-state index contributed by atoms with van der Waals surface area (Å²) in [6.45, 7) is 0. The van der Waals surface area contributed by atoms with Gasteiger partial charge < -0.3 is 10.3 Å². The van der Waals surface area contributed by atoms with E-state index in [4.69, 9.17) is 21.9 Å². The van der Waals surface area contributed by atoms with E-state index in [9.17, 15) is 0 Å². The Kier molecular flexibility index (Phi) is 2.33. The van der Waals surface area contributed by atoms with Crippen molar-refractivity contribution in [2.24, 2.45) is 5.16 Å². The van der Waals surface area contributed by atoms with Gasteiger partial charge in [-0.3, -0.25) is 0 Å². The number of phenols is 1. The highest BCUT2D eigenvalue weighted by atomic mass is 35.5. The summed E-state index contributed by atoms with van der Waals surface area (Å²) in [7, 11) is 0. The fourth-order valence-electron chi connectivity index (χ4n) is 0.691. The molecule has 4 heteroatoms. The molecule has 1 rings (SSSR count). The number of nitrogens with zero attached hydrogens (tertiary/aromatic N) is 1. The molecule has 0 amide bonds. The van der Waals surface area contributed by atoms with Gasteiger partial charge in [0.2, 0.25) is 0 Å². The lowest BCUT2D eigenvalue weighted by Crippen LogP contribution is -1.81. The van der Waals surface area contributed by atoms with Crippen molar-refractivity contribution in [1.29, 1.82) is 0 Å². The zero-order valence-electron chi connectivity index (χ0n) is 5.53. The maximum atomic E-state index is 9.11. The molecule has 0 saturated heterocycles. The molecule has 0 aromatic heterocycles. The lowest BCUT2D eigenvalue weighted by Gasteiger charge is -1.96. The average molecular weight is 172 g/mol. The first-order chi connectivity index (χ1) is 5.24. The Morgan fingerprint density at radius 3 is 2.82 bits per heavy atom. The van der Waals surface area contributed by atoms with Crippen molar-refractivity contribution in [3.05, 3.63) is 28.8 Å². The summed E-state index contributed by atoms with van der Waals surface area (Å²) < 4.78 is 0. The number of aromatic hydroxyl groups is 1. The Morgan fingerprint density at radius 2 is 2.18 bits per heavy atom. The molecule has 0 fully saturated rings. The fourth-order valence-corrected chi connectivity index (χ4v) is 0.872. The van der Waals surface area contributed by atoms with Crippen LogP contribution in [0.1, 0.15) is 5.56 Å². The number of rotatable bonds is 1. The van der Waals surface area contributed by atoms with Crippen LogP contribution in [0.15, 0.2) is 23.4 Å². The molecule has 3 nitrogen and oxygen atoms in total. The van der Waals surface area contributed by atoms with Crippen LogP contribution in [0.4, 0.5) is 0 Å². The van der Waals surface area contributed by atoms with E-state index in [-0.39, 0.29) is 5.75 Å². The molecular formula is C7H6ClNO2. The van der Waals surface area contributed by atoms with E-state index in [1.807, 2.05) is 0 Å². The van der Waals surface area contributed by atoms with Crippen molar-refractivity contribution in [3.8, 4) is 5.75 Å². The monoisotopic (exact) mass is 171 g/mol. The molecule has 0 unspecified atom stereocenters. The van der Waals surface area contributed by atoms with Crippen molar-refractivity contribution in [3.63, 3.8) is 0 Å². The van der Waals surface area contributed by atoms with E-state index in [2.05, 4.69) is 5.16 Å². The number of phenolic OH excluding ortho intramolecular Hbond substituents is 1. The Hall–Kier alpha value is -1.22. The summed E-state index contributed by atoms with van der Waals surface area (Å²) >= 11 is 5.60. The summed E-state index contributed by atoms with van der Waals surface area (Å²) in [6.07, 6.45) is 1.11. The van der Waals surface area contributed by atoms with Gasteiger partial charge >= 0.3 is 0 Å². The molecule has 0 bridgehead atoms. The van der Waals surface area contributed by atoms with Gasteiger partial charge in [-0.05, 0) is 18.2 Å². The average Bonchev–Trinajstić information content (AvgIpc) is 1.98. The number of oxime groups is 1. The zero-order chi connectivity index (χ0) is 8.27. The number of benzene rings is 1. The second-order valence-electron chi connectivity index (χ2n) is 1.95. The van der Waals surface area contributed by atoms with E-state index in [0.717, 1.165) is 6.21 Å². The van der Waals surface area contributed by atoms with Crippen molar-refractivity contribution in [1.82, 2.24) is 0 Å². The van der Waals surface area contributed by atoms with Crippen LogP contribution in [-0.4, -0.2) is 16.5 Å². The molecule has 1 aromatic rings. The van der Waals surface area contributed by atoms with E-state index < -0.39 is 0 Å². The van der Waals surface area contributed by atoms with Crippen LogP contribution >= 0.6 is 11.6 Å². The van der Waals surface area contributed by atoms with Gasteiger partial charge in [0.25, 0.3) is 0 Å². The lowest BCUT2D eigenvalue weighted by atomic mass is 10.2. The molecule has 2 N–H and O–H groups in total. The molecule has 11 heavy (non-hydrogen) atoms. The molecule has 0 aliphatic rings. The molecule has 0 heterocycles. The van der Waals surface area contributed by atoms with Gasteiger partial charge in [-0.25, -0.2) is 0 Å². The van der Waals surface area contributed by atoms with Gasteiger partial charge in [0.15, 0.2) is 0 Å². The minimum Gasteiger partial charge on any atom is -0.507 e. The van der Waals surface area contributed by atoms with Crippen molar-refractivity contribution in [2.75, 3.05) is 0 Å². The highest BCUT2D eigenvalue weighted by molar-refractivity contribution is 6.30. The first-order valence-corrected chi connectivity index (χ1v) is 3.28. The minimum absolute atomic E-state index is 0.0344. The van der Waals surface area contributed by atoms with Crippen LogP contribution in [0.3, 0.4) is 0 Å². The largest absolute Gasteiger partial charge is 0.507 e. The minimum atomic E-state index is 0.0344. The van der Waals surface area contributed by atoms with Gasteiger partial charge in [0, 0.05) is 10.6 Å². The van der Waals surface area contributed by atoms with E-state index in [0.29, 0.717) is 10.6 Å². The summed E-state index contributed by atoms with van der Waals surface area (Å²) in [4.78, 5) is 0. The first kappa shape index (κ1) is 7.88. The van der Waals surface area contributed by atoms with Crippen LogP contribution in [0.2, 0.25) is 5.02 Å². The topological polar surface area (TPSA) is 52.8 Å². The van der Waals surface area contributed by atoms with E-state index in [1.165, 1.54) is 12.1 Å². The van der Waals surface area contributed by atoms with E-state index in [1.54, 1.807) is 6.07 Å². The van der Waals surface area contributed by atoms with Gasteiger partial charge in [-0.15, -0.1) is 0 Å². The molecule has 0 aliphatic carbocycles. The van der Waals surface area contributed by atoms with Crippen molar-refractivity contribution in [2.45, 2.75) is 0 Å². The van der Waals surface area contributed by atoms with Crippen LogP contribution in [0.25, 0.3) is 0 Å². The standard InChI is InChI=1S/C7H6ClNO2/c8-6-1-2-7(10)5(3-6)4-9-11/h1-4,10-11H/b9-4-. The third-order valence-corrected chi connectivity index (χ3v) is 1.42. The summed E-state index contributed by atoms with van der Waals surface area (Å²) in [5.41, 5.74) is 0.389. The van der Waals surface area contributed by atoms with Gasteiger partial charge in [0.1, 0.15) is 5.75 Å². The Bertz CT molecular complexity index is 286. The highest BCUT2D eigenvalue weighted by Gasteiger charge is 1.97. The zero-order valence-corrected chi connectivity index (χ0v) is 6.28. The summed E-state index contributed by atoms with van der Waals surface area (Å²) in [5.74, 6) is 0.0344. The molecule has 0 spiro atoms. The Morgan fingerprint density at radius 1 is 1.45 bits per heavy atom. The lowest BCUT2D eigenvalue weighted by molar-refractivity contribution is 0.321. The van der Waals surface area contributed by atoms with Crippen LogP contribution < -0.4 is 0 Å². The third-order valence-electron chi connectivity index (χ3n) is 1.19. The van der Waals surface area contributed by atoms with Gasteiger partial charge in [0.05, 0.1) is 6.21 Å². The molecular weight excluding hydrogens is 166 g/mol. The number of halogens is 1. The predicted molar refractivity (Wildman–Crippen MR) is 42.5 cm³/mol.